The first-order valence-electron chi connectivity index (χ1n) is 10.8. The third kappa shape index (κ3) is 5.20. The molecule has 0 unspecified atom stereocenters. The molecule has 13 heteroatoms. The van der Waals surface area contributed by atoms with Gasteiger partial charge in [0.1, 0.15) is 29.9 Å². The molecule has 0 atom stereocenters. The van der Waals surface area contributed by atoms with Crippen LogP contribution in [0.25, 0.3) is 22.6 Å². The topological polar surface area (TPSA) is 145 Å². The number of aliphatic carboxylic acids is 1. The summed E-state index contributed by atoms with van der Waals surface area (Å²) in [5.41, 5.74) is 1.01. The molecule has 5 rings (SSSR count). The second kappa shape index (κ2) is 10.2. The fourth-order valence-electron chi connectivity index (χ4n) is 3.63. The minimum absolute atomic E-state index is 0.155. The van der Waals surface area contributed by atoms with Crippen LogP contribution in [-0.4, -0.2) is 41.5 Å². The fourth-order valence-corrected chi connectivity index (χ4v) is 4.66. The zero-order valence-corrected chi connectivity index (χ0v) is 20.4. The Morgan fingerprint density at radius 2 is 2.00 bits per heavy atom. The number of carboxylic acid groups (broad SMARTS) is 1. The Labute approximate surface area is 217 Å². The Kier molecular flexibility index (Phi) is 6.66. The van der Waals surface area contributed by atoms with Crippen molar-refractivity contribution >= 4 is 40.6 Å². The van der Waals surface area contributed by atoms with Crippen molar-refractivity contribution in [2.24, 2.45) is 0 Å². The molecule has 0 radical (unpaired) electrons. The van der Waals surface area contributed by atoms with Gasteiger partial charge in [-0.25, -0.2) is 0 Å². The van der Waals surface area contributed by atoms with E-state index in [1.165, 1.54) is 29.9 Å². The average molecular weight is 537 g/mol. The summed E-state index contributed by atoms with van der Waals surface area (Å²) < 4.78 is 7.61. The summed E-state index contributed by atoms with van der Waals surface area (Å²) in [7, 11) is 0. The van der Waals surface area contributed by atoms with Gasteiger partial charge in [-0.05, 0) is 30.3 Å². The van der Waals surface area contributed by atoms with Gasteiger partial charge in [0.15, 0.2) is 0 Å². The quantitative estimate of drug-likeness (QED) is 0.302. The Hall–Kier alpha value is -4.55. The molecule has 0 aromatic carbocycles. The zero-order valence-electron chi connectivity index (χ0n) is 18.9. The minimum atomic E-state index is -1.21. The van der Waals surface area contributed by atoms with Gasteiger partial charge in [0.05, 0.1) is 28.5 Å². The third-order valence-electron chi connectivity index (χ3n) is 5.30. The van der Waals surface area contributed by atoms with Crippen molar-refractivity contribution in [3.63, 3.8) is 0 Å². The number of thiophene rings is 1. The molecule has 2 N–H and O–H groups in total. The standard InChI is InChI=1S/C24H17ClN6O5S/c25-20-5-4-16(37-20)11-27-21-9-18(29-31(21)24(35)15-10-28-36-13-15)19-7-14(17-3-1-2-6-26-17)8-22(32)30(19)12-23(33)34/h1-10,13,27H,11-12H2,(H,33,34). The first-order valence-corrected chi connectivity index (χ1v) is 12.0. The van der Waals surface area contributed by atoms with Crippen LogP contribution in [0.5, 0.6) is 0 Å². The number of carboxylic acids is 1. The van der Waals surface area contributed by atoms with Crippen molar-refractivity contribution in [1.82, 2.24) is 24.5 Å². The molecular weight excluding hydrogens is 520 g/mol. The number of carbonyl (C=O) groups is 2. The molecule has 0 bridgehead atoms. The van der Waals surface area contributed by atoms with Crippen molar-refractivity contribution < 1.29 is 19.2 Å². The lowest BCUT2D eigenvalue weighted by Gasteiger charge is -2.11. The highest BCUT2D eigenvalue weighted by Gasteiger charge is 2.22. The molecule has 186 valence electrons. The van der Waals surface area contributed by atoms with E-state index in [1.54, 1.807) is 42.6 Å². The molecular formula is C24H17ClN6O5S. The molecule has 0 aliphatic carbocycles. The predicted octanol–water partition coefficient (Wildman–Crippen LogP) is 3.86. The second-order valence-electron chi connectivity index (χ2n) is 7.77. The SMILES string of the molecule is O=C(O)Cn1c(-c2cc(NCc3ccc(Cl)s3)n(C(=O)c3cnoc3)n2)cc(-c2ccccn2)cc1=O. The lowest BCUT2D eigenvalue weighted by molar-refractivity contribution is -0.137. The van der Waals surface area contributed by atoms with Crippen molar-refractivity contribution in [2.45, 2.75) is 13.1 Å². The fraction of sp³-hybridized carbons (Fsp3) is 0.0833. The van der Waals surface area contributed by atoms with E-state index in [2.05, 4.69) is 20.6 Å². The predicted molar refractivity (Wildman–Crippen MR) is 136 cm³/mol. The normalized spacial score (nSPS) is 10.9. The Morgan fingerprint density at radius 1 is 1.14 bits per heavy atom. The van der Waals surface area contributed by atoms with E-state index in [1.807, 2.05) is 6.07 Å². The Morgan fingerprint density at radius 3 is 2.68 bits per heavy atom. The van der Waals surface area contributed by atoms with Gasteiger partial charge in [-0.2, -0.15) is 9.78 Å². The van der Waals surface area contributed by atoms with Gasteiger partial charge in [-0.15, -0.1) is 11.3 Å². The first-order chi connectivity index (χ1) is 17.9. The molecule has 5 aromatic heterocycles. The molecule has 0 saturated heterocycles. The summed E-state index contributed by atoms with van der Waals surface area (Å²) in [6, 6.07) is 13.4. The number of nitrogens with one attached hydrogen (secondary N) is 1. The van der Waals surface area contributed by atoms with Gasteiger partial charge >= 0.3 is 5.97 Å². The summed E-state index contributed by atoms with van der Waals surface area (Å²) >= 11 is 7.41. The number of hydrogen-bond donors (Lipinski definition) is 2. The minimum Gasteiger partial charge on any atom is -0.480 e. The van der Waals surface area contributed by atoms with Gasteiger partial charge in [-0.1, -0.05) is 22.8 Å². The molecule has 37 heavy (non-hydrogen) atoms. The maximum Gasteiger partial charge on any atom is 0.323 e. The molecule has 11 nitrogen and oxygen atoms in total. The zero-order chi connectivity index (χ0) is 25.9. The van der Waals surface area contributed by atoms with Crippen LogP contribution in [-0.2, 0) is 17.9 Å². The Balaban J connectivity index is 1.63. The number of rotatable bonds is 8. The largest absolute Gasteiger partial charge is 0.480 e. The molecule has 5 heterocycles. The highest BCUT2D eigenvalue weighted by molar-refractivity contribution is 7.16. The van der Waals surface area contributed by atoms with E-state index in [-0.39, 0.29) is 17.0 Å². The van der Waals surface area contributed by atoms with Crippen LogP contribution in [0.2, 0.25) is 4.34 Å². The second-order valence-corrected chi connectivity index (χ2v) is 9.57. The van der Waals surface area contributed by atoms with Gasteiger partial charge in [0.2, 0.25) is 0 Å². The number of pyridine rings is 2. The highest BCUT2D eigenvalue weighted by Crippen LogP contribution is 2.27. The lowest BCUT2D eigenvalue weighted by Crippen LogP contribution is -2.25. The Bertz CT molecular complexity index is 1640. The molecule has 0 aliphatic rings. The van der Waals surface area contributed by atoms with Crippen LogP contribution in [0.1, 0.15) is 15.2 Å². The van der Waals surface area contributed by atoms with Crippen LogP contribution >= 0.6 is 22.9 Å². The van der Waals surface area contributed by atoms with E-state index < -0.39 is 24.0 Å². The van der Waals surface area contributed by atoms with Crippen molar-refractivity contribution in [3.05, 3.63) is 92.3 Å². The molecule has 0 amide bonds. The van der Waals surface area contributed by atoms with Gasteiger partial charge in [0, 0.05) is 28.8 Å². The summed E-state index contributed by atoms with van der Waals surface area (Å²) in [4.78, 5) is 42.9. The summed E-state index contributed by atoms with van der Waals surface area (Å²) in [5, 5.41) is 20.6. The summed E-state index contributed by atoms with van der Waals surface area (Å²) in [6.45, 7) is -0.255. The van der Waals surface area contributed by atoms with Gasteiger partial charge < -0.3 is 14.9 Å². The van der Waals surface area contributed by atoms with E-state index in [4.69, 9.17) is 16.1 Å². The molecule has 0 fully saturated rings. The number of anilines is 1. The molecule has 0 saturated carbocycles. The lowest BCUT2D eigenvalue weighted by atomic mass is 10.1. The summed E-state index contributed by atoms with van der Waals surface area (Å²) in [6.07, 6.45) is 4.03. The van der Waals surface area contributed by atoms with Gasteiger partial charge in [-0.3, -0.25) is 23.9 Å². The van der Waals surface area contributed by atoms with Crippen molar-refractivity contribution in [2.75, 3.05) is 5.32 Å². The molecule has 0 spiro atoms. The van der Waals surface area contributed by atoms with Crippen LogP contribution in [0, 0.1) is 0 Å². The van der Waals surface area contributed by atoms with Crippen LogP contribution in [0.15, 0.2) is 76.5 Å². The maximum atomic E-state index is 13.2. The monoisotopic (exact) mass is 536 g/mol. The van der Waals surface area contributed by atoms with Crippen molar-refractivity contribution in [3.8, 4) is 22.6 Å². The van der Waals surface area contributed by atoms with Crippen molar-refractivity contribution in [1.29, 1.82) is 0 Å². The molecule has 0 aliphatic heterocycles. The highest BCUT2D eigenvalue weighted by atomic mass is 35.5. The molecule has 5 aromatic rings. The van der Waals surface area contributed by atoms with Crippen LogP contribution in [0.4, 0.5) is 5.82 Å². The number of aromatic nitrogens is 5. The number of hydrogen-bond acceptors (Lipinski definition) is 9. The van der Waals surface area contributed by atoms with Crippen LogP contribution in [0.3, 0.4) is 0 Å². The number of nitrogens with zero attached hydrogens (tertiary/aromatic N) is 5. The van der Waals surface area contributed by atoms with Crippen LogP contribution < -0.4 is 10.9 Å². The summed E-state index contributed by atoms with van der Waals surface area (Å²) in [5.74, 6) is -1.43. The van der Waals surface area contributed by atoms with E-state index in [9.17, 15) is 19.5 Å². The maximum absolute atomic E-state index is 13.2. The average Bonchev–Trinajstić information content (AvgIpc) is 3.65. The number of halogens is 1. The third-order valence-corrected chi connectivity index (χ3v) is 6.53. The first kappa shape index (κ1) is 24.2. The van der Waals surface area contributed by atoms with E-state index in [0.29, 0.717) is 28.0 Å². The smallest absolute Gasteiger partial charge is 0.323 e. The van der Waals surface area contributed by atoms with E-state index in [0.717, 1.165) is 14.1 Å². The van der Waals surface area contributed by atoms with E-state index >= 15 is 0 Å². The van der Waals surface area contributed by atoms with Gasteiger partial charge in [0.25, 0.3) is 11.5 Å². The number of carbonyl (C=O) groups excluding carboxylic acids is 1.